The summed E-state index contributed by atoms with van der Waals surface area (Å²) in [5.74, 6) is 0.219. The molecule has 0 bridgehead atoms. The van der Waals surface area contributed by atoms with Crippen LogP contribution in [-0.2, 0) is 6.54 Å². The maximum atomic E-state index is 11.4. The van der Waals surface area contributed by atoms with Gasteiger partial charge >= 0.3 is 0 Å². The van der Waals surface area contributed by atoms with Crippen molar-refractivity contribution in [2.24, 2.45) is 0 Å². The van der Waals surface area contributed by atoms with Crippen LogP contribution in [0.15, 0.2) is 18.2 Å². The maximum Gasteiger partial charge on any atom is 0.159 e. The number of hydrogen-bond acceptors (Lipinski definition) is 4. The molecule has 1 aliphatic heterocycles. The van der Waals surface area contributed by atoms with Crippen molar-refractivity contribution < 1.29 is 15.0 Å². The number of benzene rings is 1. The summed E-state index contributed by atoms with van der Waals surface area (Å²) in [4.78, 5) is 13.7. The van der Waals surface area contributed by atoms with E-state index in [-0.39, 0.29) is 24.2 Å². The molecule has 110 valence electrons. The van der Waals surface area contributed by atoms with Crippen molar-refractivity contribution >= 4 is 5.78 Å². The maximum absolute atomic E-state index is 11.4. The molecule has 0 aromatic heterocycles. The first-order valence-corrected chi connectivity index (χ1v) is 7.29. The van der Waals surface area contributed by atoms with E-state index in [0.717, 1.165) is 31.4 Å². The smallest absolute Gasteiger partial charge is 0.159 e. The summed E-state index contributed by atoms with van der Waals surface area (Å²) in [6.45, 7) is 3.18. The van der Waals surface area contributed by atoms with E-state index in [9.17, 15) is 15.0 Å². The third-order valence-electron chi connectivity index (χ3n) is 4.07. The fourth-order valence-corrected chi connectivity index (χ4v) is 2.80. The number of ketones is 1. The van der Waals surface area contributed by atoms with Crippen LogP contribution in [0.1, 0.15) is 48.5 Å². The lowest BCUT2D eigenvalue weighted by molar-refractivity contribution is 0.101. The van der Waals surface area contributed by atoms with Gasteiger partial charge in [-0.1, -0.05) is 12.8 Å². The van der Waals surface area contributed by atoms with Gasteiger partial charge in [0.1, 0.15) is 5.75 Å². The number of carbonyl (C=O) groups excluding carboxylic acids is 1. The van der Waals surface area contributed by atoms with Crippen LogP contribution in [0.3, 0.4) is 0 Å². The van der Waals surface area contributed by atoms with Crippen LogP contribution < -0.4 is 0 Å². The van der Waals surface area contributed by atoms with Crippen molar-refractivity contribution in [3.63, 3.8) is 0 Å². The van der Waals surface area contributed by atoms with Crippen LogP contribution in [0, 0.1) is 0 Å². The molecule has 2 N–H and O–H groups in total. The number of hydrogen-bond donors (Lipinski definition) is 2. The van der Waals surface area contributed by atoms with Gasteiger partial charge in [-0.3, -0.25) is 9.69 Å². The minimum atomic E-state index is 0.000763. The number of aromatic hydroxyl groups is 1. The van der Waals surface area contributed by atoms with Crippen LogP contribution in [-0.4, -0.2) is 40.1 Å². The number of likely N-dealkylation sites (tertiary alicyclic amines) is 1. The molecule has 0 amide bonds. The number of rotatable bonds is 4. The number of carbonyl (C=O) groups is 1. The largest absolute Gasteiger partial charge is 0.508 e. The molecule has 1 aliphatic rings. The van der Waals surface area contributed by atoms with Gasteiger partial charge < -0.3 is 10.2 Å². The second kappa shape index (κ2) is 6.86. The monoisotopic (exact) mass is 277 g/mol. The lowest BCUT2D eigenvalue weighted by Crippen LogP contribution is -2.36. The number of aliphatic hydroxyl groups excluding tert-OH is 1. The van der Waals surface area contributed by atoms with Crippen LogP contribution in [0.5, 0.6) is 5.75 Å². The van der Waals surface area contributed by atoms with Crippen molar-refractivity contribution in [3.05, 3.63) is 29.3 Å². The predicted molar refractivity (Wildman–Crippen MR) is 77.9 cm³/mol. The summed E-state index contributed by atoms with van der Waals surface area (Å²) >= 11 is 0. The quantitative estimate of drug-likeness (QED) is 0.829. The second-order valence-corrected chi connectivity index (χ2v) is 5.56. The minimum Gasteiger partial charge on any atom is -0.508 e. The van der Waals surface area contributed by atoms with Crippen molar-refractivity contribution in [1.82, 2.24) is 4.90 Å². The van der Waals surface area contributed by atoms with Gasteiger partial charge in [0, 0.05) is 23.7 Å². The molecule has 1 aromatic carbocycles. The number of nitrogens with zero attached hydrogens (tertiary/aromatic N) is 1. The number of phenolic OH excluding ortho intramolecular Hbond substituents is 1. The Labute approximate surface area is 120 Å². The van der Waals surface area contributed by atoms with Crippen LogP contribution >= 0.6 is 0 Å². The third kappa shape index (κ3) is 3.58. The van der Waals surface area contributed by atoms with E-state index in [2.05, 4.69) is 4.90 Å². The molecule has 1 atom stereocenters. The van der Waals surface area contributed by atoms with Crippen LogP contribution in [0.4, 0.5) is 0 Å². The number of Topliss-reactive ketones (excluding diaryl/α,β-unsaturated/α-hetero) is 1. The van der Waals surface area contributed by atoms with Crippen LogP contribution in [0.2, 0.25) is 0 Å². The summed E-state index contributed by atoms with van der Waals surface area (Å²) in [6, 6.07) is 5.14. The molecule has 4 nitrogen and oxygen atoms in total. The van der Waals surface area contributed by atoms with E-state index in [1.807, 2.05) is 0 Å². The zero-order valence-electron chi connectivity index (χ0n) is 12.0. The molecule has 1 unspecified atom stereocenters. The van der Waals surface area contributed by atoms with Crippen molar-refractivity contribution in [1.29, 1.82) is 0 Å². The fraction of sp³-hybridized carbons (Fsp3) is 0.562. The summed E-state index contributed by atoms with van der Waals surface area (Å²) < 4.78 is 0. The van der Waals surface area contributed by atoms with Gasteiger partial charge in [-0.25, -0.2) is 0 Å². The highest BCUT2D eigenvalue weighted by atomic mass is 16.3. The molecular weight excluding hydrogens is 254 g/mol. The molecule has 0 radical (unpaired) electrons. The summed E-state index contributed by atoms with van der Waals surface area (Å²) in [7, 11) is 0. The molecule has 20 heavy (non-hydrogen) atoms. The Morgan fingerprint density at radius 2 is 2.15 bits per heavy atom. The van der Waals surface area contributed by atoms with Gasteiger partial charge in [-0.05, 0) is 44.5 Å². The molecule has 2 rings (SSSR count). The standard InChI is InChI=1S/C16H23NO3/c1-12(19)13-6-7-16(20)14(9-13)10-17-8-4-2-3-5-15(17)11-18/h6-7,9,15,18,20H,2-5,8,10-11H2,1H3. The summed E-state index contributed by atoms with van der Waals surface area (Å²) in [6.07, 6.45) is 4.43. The van der Waals surface area contributed by atoms with Crippen molar-refractivity contribution in [2.45, 2.75) is 45.2 Å². The Hall–Kier alpha value is -1.39. The first-order chi connectivity index (χ1) is 9.61. The zero-order valence-corrected chi connectivity index (χ0v) is 12.0. The average Bonchev–Trinajstić information content (AvgIpc) is 2.66. The normalized spacial score (nSPS) is 20.6. The molecule has 1 fully saturated rings. The molecule has 1 aromatic rings. The van der Waals surface area contributed by atoms with Crippen LogP contribution in [0.25, 0.3) is 0 Å². The van der Waals surface area contributed by atoms with E-state index in [0.29, 0.717) is 12.1 Å². The Kier molecular flexibility index (Phi) is 5.15. The molecule has 0 aliphatic carbocycles. The predicted octanol–water partition coefficient (Wildman–Crippen LogP) is 2.33. The molecule has 4 heteroatoms. The van der Waals surface area contributed by atoms with Crippen molar-refractivity contribution in [2.75, 3.05) is 13.2 Å². The lowest BCUT2D eigenvalue weighted by atomic mass is 10.1. The Morgan fingerprint density at radius 1 is 1.35 bits per heavy atom. The Morgan fingerprint density at radius 3 is 2.85 bits per heavy atom. The average molecular weight is 277 g/mol. The Balaban J connectivity index is 2.18. The molecule has 1 saturated heterocycles. The number of aliphatic hydroxyl groups is 1. The van der Waals surface area contributed by atoms with Gasteiger partial charge in [-0.2, -0.15) is 0 Å². The van der Waals surface area contributed by atoms with E-state index in [1.54, 1.807) is 18.2 Å². The Bertz CT molecular complexity index is 473. The van der Waals surface area contributed by atoms with Gasteiger partial charge in [0.2, 0.25) is 0 Å². The first-order valence-electron chi connectivity index (χ1n) is 7.29. The summed E-state index contributed by atoms with van der Waals surface area (Å²) in [5, 5.41) is 19.5. The van der Waals surface area contributed by atoms with E-state index >= 15 is 0 Å². The molecule has 0 saturated carbocycles. The highest BCUT2D eigenvalue weighted by molar-refractivity contribution is 5.94. The molecule has 0 spiro atoms. The topological polar surface area (TPSA) is 60.8 Å². The van der Waals surface area contributed by atoms with Gasteiger partial charge in [0.05, 0.1) is 6.61 Å². The van der Waals surface area contributed by atoms with E-state index in [1.165, 1.54) is 13.3 Å². The fourth-order valence-electron chi connectivity index (χ4n) is 2.80. The third-order valence-corrected chi connectivity index (χ3v) is 4.07. The van der Waals surface area contributed by atoms with Gasteiger partial charge in [-0.15, -0.1) is 0 Å². The minimum absolute atomic E-state index is 0.000763. The zero-order chi connectivity index (χ0) is 14.5. The lowest BCUT2D eigenvalue weighted by Gasteiger charge is -2.28. The van der Waals surface area contributed by atoms with E-state index in [4.69, 9.17) is 0 Å². The van der Waals surface area contributed by atoms with E-state index < -0.39 is 0 Å². The van der Waals surface area contributed by atoms with Gasteiger partial charge in [0.15, 0.2) is 5.78 Å². The van der Waals surface area contributed by atoms with Crippen molar-refractivity contribution in [3.8, 4) is 5.75 Å². The van der Waals surface area contributed by atoms with Gasteiger partial charge in [0.25, 0.3) is 0 Å². The number of phenols is 1. The second-order valence-electron chi connectivity index (χ2n) is 5.56. The first kappa shape index (κ1) is 15.0. The molecular formula is C16H23NO3. The molecule has 1 heterocycles. The highest BCUT2D eigenvalue weighted by Crippen LogP contribution is 2.24. The summed E-state index contributed by atoms with van der Waals surface area (Å²) in [5.41, 5.74) is 1.38. The highest BCUT2D eigenvalue weighted by Gasteiger charge is 2.21. The SMILES string of the molecule is CC(=O)c1ccc(O)c(CN2CCCCCC2CO)c1.